The average Bonchev–Trinajstić information content (AvgIpc) is 2.49. The highest BCUT2D eigenvalue weighted by molar-refractivity contribution is 5.70. The Labute approximate surface area is 140 Å². The smallest absolute Gasteiger partial charge is 0.407 e. The molecule has 136 valence electrons. The van der Waals surface area contributed by atoms with Crippen molar-refractivity contribution in [1.29, 1.82) is 0 Å². The third-order valence-corrected chi connectivity index (χ3v) is 3.86. The molecule has 0 heterocycles. The molecule has 1 atom stereocenters. The van der Waals surface area contributed by atoms with Gasteiger partial charge >= 0.3 is 12.1 Å². The summed E-state index contributed by atoms with van der Waals surface area (Å²) in [6, 6.07) is 0. The number of alkyl carbamates (subject to hydrolysis) is 1. The Morgan fingerprint density at radius 2 is 1.78 bits per heavy atom. The summed E-state index contributed by atoms with van der Waals surface area (Å²) in [5.74, 6) is -0.931. The van der Waals surface area contributed by atoms with Gasteiger partial charge in [-0.15, -0.1) is 0 Å². The number of likely N-dealkylation sites (N-methyl/N-ethyl adjacent to an activating group) is 1. The van der Waals surface area contributed by atoms with Gasteiger partial charge in [0.05, 0.1) is 6.42 Å². The molecular weight excluding hydrogens is 296 g/mol. The zero-order valence-electron chi connectivity index (χ0n) is 15.0. The van der Waals surface area contributed by atoms with E-state index in [0.29, 0.717) is 13.0 Å². The van der Waals surface area contributed by atoms with Gasteiger partial charge in [0.25, 0.3) is 0 Å². The summed E-state index contributed by atoms with van der Waals surface area (Å²) in [5.41, 5.74) is 0. The van der Waals surface area contributed by atoms with Crippen LogP contribution in [-0.2, 0) is 9.53 Å². The highest BCUT2D eigenvalue weighted by Crippen LogP contribution is 2.13. The number of carboxylic acids is 1. The molecule has 0 aliphatic rings. The standard InChI is InChI=1S/C17H34N2O4/c1-4-6-7-8-9-10-11-15(14-16(20)21)23-17(22)18-12-13-19(3)5-2/h15H,4-14H2,1-3H3,(H,18,22)(H,20,21). The normalized spacial score (nSPS) is 12.2. The van der Waals surface area contributed by atoms with E-state index >= 15 is 0 Å². The van der Waals surface area contributed by atoms with Crippen LogP contribution in [0.5, 0.6) is 0 Å². The summed E-state index contributed by atoms with van der Waals surface area (Å²) in [6.45, 7) is 6.37. The van der Waals surface area contributed by atoms with Gasteiger partial charge in [-0.1, -0.05) is 46.0 Å². The lowest BCUT2D eigenvalue weighted by molar-refractivity contribution is -0.139. The summed E-state index contributed by atoms with van der Waals surface area (Å²) in [6.07, 6.45) is 6.19. The van der Waals surface area contributed by atoms with Crippen molar-refractivity contribution in [2.75, 3.05) is 26.7 Å². The maximum Gasteiger partial charge on any atom is 0.407 e. The van der Waals surface area contributed by atoms with E-state index in [-0.39, 0.29) is 6.42 Å². The summed E-state index contributed by atoms with van der Waals surface area (Å²) in [5, 5.41) is 11.6. The molecule has 0 aromatic heterocycles. The highest BCUT2D eigenvalue weighted by Gasteiger charge is 2.17. The van der Waals surface area contributed by atoms with E-state index < -0.39 is 18.2 Å². The molecule has 1 unspecified atom stereocenters. The Kier molecular flexibility index (Phi) is 13.5. The van der Waals surface area contributed by atoms with Crippen molar-refractivity contribution in [2.24, 2.45) is 0 Å². The fourth-order valence-corrected chi connectivity index (χ4v) is 2.25. The first-order valence-electron chi connectivity index (χ1n) is 8.84. The molecule has 0 aliphatic heterocycles. The molecule has 0 aromatic carbocycles. The van der Waals surface area contributed by atoms with E-state index in [1.165, 1.54) is 19.3 Å². The number of hydrogen-bond acceptors (Lipinski definition) is 4. The number of carboxylic acid groups (broad SMARTS) is 1. The van der Waals surface area contributed by atoms with E-state index in [0.717, 1.165) is 32.4 Å². The number of unbranched alkanes of at least 4 members (excludes halogenated alkanes) is 5. The van der Waals surface area contributed by atoms with Crippen molar-refractivity contribution in [2.45, 2.75) is 71.3 Å². The zero-order chi connectivity index (χ0) is 17.5. The molecule has 2 N–H and O–H groups in total. The Morgan fingerprint density at radius 3 is 2.39 bits per heavy atom. The molecule has 0 aromatic rings. The molecule has 0 bridgehead atoms. The highest BCUT2D eigenvalue weighted by atomic mass is 16.6. The quantitative estimate of drug-likeness (QED) is 0.478. The average molecular weight is 330 g/mol. The molecule has 0 aliphatic carbocycles. The van der Waals surface area contributed by atoms with Gasteiger partial charge in [0.15, 0.2) is 0 Å². The second kappa shape index (κ2) is 14.3. The molecule has 0 rings (SSSR count). The third kappa shape index (κ3) is 14.0. The molecular formula is C17H34N2O4. The summed E-state index contributed by atoms with van der Waals surface area (Å²) in [7, 11) is 1.97. The van der Waals surface area contributed by atoms with Gasteiger partial charge in [-0.25, -0.2) is 4.79 Å². The van der Waals surface area contributed by atoms with Gasteiger partial charge in [-0.3, -0.25) is 4.79 Å². The zero-order valence-corrected chi connectivity index (χ0v) is 15.0. The number of carbonyl (C=O) groups excluding carboxylic acids is 1. The maximum absolute atomic E-state index is 11.7. The van der Waals surface area contributed by atoms with Crippen LogP contribution in [0.2, 0.25) is 0 Å². The van der Waals surface area contributed by atoms with E-state index in [9.17, 15) is 9.59 Å². The van der Waals surface area contributed by atoms with Crippen LogP contribution in [0.4, 0.5) is 4.79 Å². The summed E-state index contributed by atoms with van der Waals surface area (Å²) in [4.78, 5) is 24.7. The van der Waals surface area contributed by atoms with Gasteiger partial charge in [0, 0.05) is 13.1 Å². The number of amides is 1. The van der Waals surface area contributed by atoms with Crippen LogP contribution < -0.4 is 5.32 Å². The van der Waals surface area contributed by atoms with E-state index in [4.69, 9.17) is 9.84 Å². The summed E-state index contributed by atoms with van der Waals surface area (Å²) < 4.78 is 5.26. The van der Waals surface area contributed by atoms with Gasteiger partial charge in [0.2, 0.25) is 0 Å². The predicted molar refractivity (Wildman–Crippen MR) is 91.7 cm³/mol. The molecule has 0 saturated heterocycles. The van der Waals surface area contributed by atoms with E-state index in [1.54, 1.807) is 0 Å². The topological polar surface area (TPSA) is 78.9 Å². The fraction of sp³-hybridized carbons (Fsp3) is 0.882. The maximum atomic E-state index is 11.7. The minimum absolute atomic E-state index is 0.128. The van der Waals surface area contributed by atoms with Crippen molar-refractivity contribution >= 4 is 12.1 Å². The first kappa shape index (κ1) is 21.7. The van der Waals surface area contributed by atoms with Crippen LogP contribution >= 0.6 is 0 Å². The fourth-order valence-electron chi connectivity index (χ4n) is 2.25. The second-order valence-electron chi connectivity index (χ2n) is 6.00. The minimum Gasteiger partial charge on any atom is -0.481 e. The number of carbonyl (C=O) groups is 2. The number of rotatable bonds is 14. The van der Waals surface area contributed by atoms with Crippen LogP contribution in [0.25, 0.3) is 0 Å². The van der Waals surface area contributed by atoms with E-state index in [1.807, 2.05) is 14.0 Å². The Balaban J connectivity index is 3.98. The lowest BCUT2D eigenvalue weighted by Gasteiger charge is -2.18. The molecule has 6 nitrogen and oxygen atoms in total. The molecule has 6 heteroatoms. The monoisotopic (exact) mass is 330 g/mol. The largest absolute Gasteiger partial charge is 0.481 e. The Bertz CT molecular complexity index is 324. The van der Waals surface area contributed by atoms with Crippen molar-refractivity contribution in [1.82, 2.24) is 10.2 Å². The molecule has 0 radical (unpaired) electrons. The van der Waals surface area contributed by atoms with Crippen LogP contribution in [0, 0.1) is 0 Å². The molecule has 0 fully saturated rings. The Morgan fingerprint density at radius 1 is 1.13 bits per heavy atom. The minimum atomic E-state index is -0.931. The van der Waals surface area contributed by atoms with Crippen LogP contribution in [-0.4, -0.2) is 54.9 Å². The van der Waals surface area contributed by atoms with Gasteiger partial charge in [0.1, 0.15) is 6.10 Å². The molecule has 23 heavy (non-hydrogen) atoms. The number of ether oxygens (including phenoxy) is 1. The number of nitrogens with one attached hydrogen (secondary N) is 1. The van der Waals surface area contributed by atoms with Gasteiger partial charge in [-0.2, -0.15) is 0 Å². The van der Waals surface area contributed by atoms with Crippen LogP contribution in [0.15, 0.2) is 0 Å². The molecule has 1 amide bonds. The first-order chi connectivity index (χ1) is 11.0. The number of aliphatic carboxylic acids is 1. The Hall–Kier alpha value is -1.30. The second-order valence-corrected chi connectivity index (χ2v) is 6.00. The van der Waals surface area contributed by atoms with Gasteiger partial charge in [-0.05, 0) is 26.4 Å². The van der Waals surface area contributed by atoms with E-state index in [2.05, 4.69) is 17.1 Å². The SMILES string of the molecule is CCCCCCCCC(CC(=O)O)OC(=O)NCCN(C)CC. The van der Waals surface area contributed by atoms with Crippen LogP contribution in [0.1, 0.15) is 65.2 Å². The molecule has 0 spiro atoms. The van der Waals surface area contributed by atoms with Crippen LogP contribution in [0.3, 0.4) is 0 Å². The molecule has 0 saturated carbocycles. The first-order valence-corrected chi connectivity index (χ1v) is 8.84. The van der Waals surface area contributed by atoms with Crippen molar-refractivity contribution < 1.29 is 19.4 Å². The predicted octanol–water partition coefficient (Wildman–Crippen LogP) is 3.26. The summed E-state index contributed by atoms with van der Waals surface area (Å²) >= 11 is 0. The number of nitrogens with zero attached hydrogens (tertiary/aromatic N) is 1. The van der Waals surface area contributed by atoms with Gasteiger partial charge < -0.3 is 20.1 Å². The van der Waals surface area contributed by atoms with Crippen molar-refractivity contribution in [3.8, 4) is 0 Å². The third-order valence-electron chi connectivity index (χ3n) is 3.86. The van der Waals surface area contributed by atoms with Crippen molar-refractivity contribution in [3.63, 3.8) is 0 Å². The lowest BCUT2D eigenvalue weighted by atomic mass is 10.1. The number of hydrogen-bond donors (Lipinski definition) is 2. The lowest BCUT2D eigenvalue weighted by Crippen LogP contribution is -2.35. The van der Waals surface area contributed by atoms with Crippen molar-refractivity contribution in [3.05, 3.63) is 0 Å².